The maximum absolute atomic E-state index is 12.8. The molecule has 30 heavy (non-hydrogen) atoms. The molecule has 1 aromatic heterocycles. The number of nitrogens with one attached hydrogen (secondary N) is 1. The minimum Gasteiger partial charge on any atom is -0.481 e. The average molecular weight is 461 g/mol. The standard InChI is InChI=1S/C15H19N5O8S2/c1-5-7(18-14(16)30-5)8(19-28-15(2,3)13(25)26)10(23)17-9-11(24)20(27)12(9)29-4-6(21)22/h9,12,27H,4H2,1-3H3,(H2,16,18)(H,17,23)(H,21,22)(H,25,26)/b19-8-/t9-,12-/m1/s1. The second-order valence-corrected chi connectivity index (χ2v) is 8.87. The Kier molecular flexibility index (Phi) is 6.89. The molecular weight excluding hydrogens is 442 g/mol. The number of thiazole rings is 1. The van der Waals surface area contributed by atoms with Gasteiger partial charge in [0.05, 0.1) is 5.75 Å². The zero-order chi connectivity index (χ0) is 22.8. The van der Waals surface area contributed by atoms with Gasteiger partial charge in [-0.2, -0.15) is 0 Å². The molecule has 6 N–H and O–H groups in total. The fourth-order valence-corrected chi connectivity index (χ4v) is 3.77. The van der Waals surface area contributed by atoms with Gasteiger partial charge >= 0.3 is 11.9 Å². The van der Waals surface area contributed by atoms with Crippen molar-refractivity contribution in [2.24, 2.45) is 5.16 Å². The van der Waals surface area contributed by atoms with Gasteiger partial charge in [-0.05, 0) is 20.8 Å². The van der Waals surface area contributed by atoms with Crippen molar-refractivity contribution in [3.05, 3.63) is 10.6 Å². The Bertz CT molecular complexity index is 915. The number of nitrogen functional groups attached to an aromatic ring is 1. The van der Waals surface area contributed by atoms with Crippen LogP contribution in [0, 0.1) is 6.92 Å². The van der Waals surface area contributed by atoms with Crippen LogP contribution in [0.15, 0.2) is 5.16 Å². The van der Waals surface area contributed by atoms with E-state index in [1.54, 1.807) is 6.92 Å². The fourth-order valence-electron chi connectivity index (χ4n) is 2.14. The summed E-state index contributed by atoms with van der Waals surface area (Å²) in [4.78, 5) is 56.2. The number of rotatable bonds is 9. The second kappa shape index (κ2) is 8.85. The maximum Gasteiger partial charge on any atom is 0.350 e. The summed E-state index contributed by atoms with van der Waals surface area (Å²) in [6.07, 6.45) is 0. The Hall–Kier alpha value is -2.91. The molecule has 13 nitrogen and oxygen atoms in total. The lowest BCUT2D eigenvalue weighted by molar-refractivity contribution is -0.196. The van der Waals surface area contributed by atoms with Crippen LogP contribution in [0.5, 0.6) is 0 Å². The molecule has 1 aliphatic rings. The zero-order valence-corrected chi connectivity index (χ0v) is 17.6. The Morgan fingerprint density at radius 3 is 2.53 bits per heavy atom. The first-order chi connectivity index (χ1) is 13.8. The van der Waals surface area contributed by atoms with Crippen molar-refractivity contribution < 1.29 is 39.4 Å². The number of oxime groups is 1. The quantitative estimate of drug-likeness (QED) is 0.137. The number of amides is 2. The summed E-state index contributed by atoms with van der Waals surface area (Å²) >= 11 is 1.78. The molecule has 15 heteroatoms. The minimum atomic E-state index is -1.77. The van der Waals surface area contributed by atoms with Crippen molar-refractivity contribution >= 4 is 57.7 Å². The lowest BCUT2D eigenvalue weighted by atomic mass is 10.1. The molecule has 2 rings (SSSR count). The van der Waals surface area contributed by atoms with E-state index in [1.807, 2.05) is 0 Å². The van der Waals surface area contributed by atoms with Gasteiger partial charge in [0.1, 0.15) is 17.1 Å². The van der Waals surface area contributed by atoms with E-state index in [1.165, 1.54) is 13.8 Å². The maximum atomic E-state index is 12.8. The number of aromatic nitrogens is 1. The monoisotopic (exact) mass is 461 g/mol. The van der Waals surface area contributed by atoms with E-state index in [2.05, 4.69) is 15.5 Å². The third kappa shape index (κ3) is 4.98. The predicted molar refractivity (Wildman–Crippen MR) is 105 cm³/mol. The number of nitrogens with two attached hydrogens (primary N) is 1. The molecule has 0 spiro atoms. The third-order valence-corrected chi connectivity index (χ3v) is 5.84. The van der Waals surface area contributed by atoms with Crippen LogP contribution in [-0.2, 0) is 24.0 Å². The van der Waals surface area contributed by atoms with Crippen LogP contribution in [0.3, 0.4) is 0 Å². The highest BCUT2D eigenvalue weighted by Crippen LogP contribution is 2.28. The van der Waals surface area contributed by atoms with Crippen LogP contribution < -0.4 is 11.1 Å². The highest BCUT2D eigenvalue weighted by Gasteiger charge is 2.49. The number of hydrogen-bond acceptors (Lipinski definition) is 11. The number of β-lactam (4-membered cyclic amide) rings is 1. The third-order valence-electron chi connectivity index (χ3n) is 3.81. The van der Waals surface area contributed by atoms with Gasteiger partial charge in [-0.3, -0.25) is 19.6 Å². The number of anilines is 1. The summed E-state index contributed by atoms with van der Waals surface area (Å²) in [5.41, 5.74) is 3.48. The number of carbonyl (C=O) groups excluding carboxylic acids is 2. The van der Waals surface area contributed by atoms with Crippen molar-refractivity contribution in [1.29, 1.82) is 0 Å². The lowest BCUT2D eigenvalue weighted by Crippen LogP contribution is -2.69. The van der Waals surface area contributed by atoms with Crippen molar-refractivity contribution in [3.63, 3.8) is 0 Å². The van der Waals surface area contributed by atoms with Crippen LogP contribution in [0.4, 0.5) is 5.13 Å². The molecular formula is C15H19N5O8S2. The molecule has 0 unspecified atom stereocenters. The molecule has 1 saturated heterocycles. The molecule has 0 saturated carbocycles. The lowest BCUT2D eigenvalue weighted by Gasteiger charge is -2.41. The Morgan fingerprint density at radius 1 is 1.40 bits per heavy atom. The van der Waals surface area contributed by atoms with Crippen LogP contribution in [-0.4, -0.2) is 77.7 Å². The number of aliphatic carboxylic acids is 2. The van der Waals surface area contributed by atoms with Crippen LogP contribution in [0.25, 0.3) is 0 Å². The summed E-state index contributed by atoms with van der Waals surface area (Å²) in [6, 6.07) is -1.24. The molecule has 0 aromatic carbocycles. The van der Waals surface area contributed by atoms with Crippen molar-refractivity contribution in [3.8, 4) is 0 Å². The predicted octanol–water partition coefficient (Wildman–Crippen LogP) is -0.522. The topological polar surface area (TPSA) is 205 Å². The first-order valence-corrected chi connectivity index (χ1v) is 10.1. The van der Waals surface area contributed by atoms with Gasteiger partial charge < -0.3 is 26.1 Å². The molecule has 1 aliphatic heterocycles. The summed E-state index contributed by atoms with van der Waals surface area (Å²) in [6.45, 7) is 4.03. The first kappa shape index (κ1) is 23.4. The van der Waals surface area contributed by atoms with Gasteiger partial charge in [0.25, 0.3) is 11.8 Å². The number of hydrogen-bond donors (Lipinski definition) is 5. The van der Waals surface area contributed by atoms with Crippen molar-refractivity contribution in [2.75, 3.05) is 11.5 Å². The summed E-state index contributed by atoms with van der Waals surface area (Å²) in [7, 11) is 0. The van der Waals surface area contributed by atoms with Crippen LogP contribution >= 0.6 is 23.1 Å². The second-order valence-electron chi connectivity index (χ2n) is 6.53. The first-order valence-electron chi connectivity index (χ1n) is 8.24. The molecule has 2 atom stereocenters. The van der Waals surface area contributed by atoms with E-state index in [4.69, 9.17) is 20.8 Å². The SMILES string of the molecule is Cc1sc(N)nc1/C(=N/OC(C)(C)C(=O)O)C(=O)N[C@@H]1C(=O)N(O)[C@@H]1SCC(=O)O. The number of hydroxylamine groups is 2. The van der Waals surface area contributed by atoms with Gasteiger partial charge in [0.2, 0.25) is 5.60 Å². The molecule has 0 radical (unpaired) electrons. The Labute approximate surface area is 177 Å². The van der Waals surface area contributed by atoms with Crippen molar-refractivity contribution in [2.45, 2.75) is 37.8 Å². The number of carbonyl (C=O) groups is 4. The van der Waals surface area contributed by atoms with Gasteiger partial charge in [-0.15, -0.1) is 23.1 Å². The highest BCUT2D eigenvalue weighted by atomic mass is 32.2. The summed E-state index contributed by atoms with van der Waals surface area (Å²) in [5.74, 6) is -4.72. The summed E-state index contributed by atoms with van der Waals surface area (Å²) < 4.78 is 0. The number of carboxylic acids is 2. The van der Waals surface area contributed by atoms with Gasteiger partial charge in [-0.25, -0.2) is 14.8 Å². The summed E-state index contributed by atoms with van der Waals surface area (Å²) in [5, 5.41) is 32.9. The number of carboxylic acid groups (broad SMARTS) is 2. The number of aryl methyl sites for hydroxylation is 1. The van der Waals surface area contributed by atoms with Gasteiger partial charge in [0, 0.05) is 4.88 Å². The Morgan fingerprint density at radius 2 is 2.03 bits per heavy atom. The molecule has 1 aromatic rings. The van der Waals surface area contributed by atoms with Gasteiger partial charge in [-0.1, -0.05) is 5.16 Å². The Balaban J connectivity index is 2.28. The van der Waals surface area contributed by atoms with Crippen molar-refractivity contribution in [1.82, 2.24) is 15.4 Å². The number of thioether (sulfide) groups is 1. The van der Waals surface area contributed by atoms with Crippen LogP contribution in [0.1, 0.15) is 24.4 Å². The minimum absolute atomic E-state index is 0.0264. The van der Waals surface area contributed by atoms with Crippen LogP contribution in [0.2, 0.25) is 0 Å². The molecule has 0 aliphatic carbocycles. The van der Waals surface area contributed by atoms with E-state index in [0.29, 0.717) is 9.94 Å². The van der Waals surface area contributed by atoms with E-state index < -0.39 is 52.2 Å². The average Bonchev–Trinajstić information content (AvgIpc) is 2.98. The van der Waals surface area contributed by atoms with Gasteiger partial charge in [0.15, 0.2) is 10.8 Å². The largest absolute Gasteiger partial charge is 0.481 e. The normalized spacial score (nSPS) is 19.3. The molecule has 1 fully saturated rings. The van der Waals surface area contributed by atoms with E-state index in [0.717, 1.165) is 23.1 Å². The van der Waals surface area contributed by atoms with E-state index in [-0.39, 0.29) is 10.8 Å². The molecule has 164 valence electrons. The highest BCUT2D eigenvalue weighted by molar-refractivity contribution is 8.00. The molecule has 0 bridgehead atoms. The van der Waals surface area contributed by atoms with E-state index in [9.17, 15) is 24.4 Å². The zero-order valence-electron chi connectivity index (χ0n) is 16.0. The smallest absolute Gasteiger partial charge is 0.350 e. The van der Waals surface area contributed by atoms with E-state index >= 15 is 0 Å². The molecule has 2 heterocycles. The molecule has 2 amide bonds. The fraction of sp³-hybridized carbons (Fsp3) is 0.467. The number of nitrogens with zero attached hydrogens (tertiary/aromatic N) is 3.